The molecule has 0 saturated carbocycles. The lowest BCUT2D eigenvalue weighted by molar-refractivity contribution is -0.114. The van der Waals surface area contributed by atoms with Gasteiger partial charge in [0.25, 0.3) is 0 Å². The minimum Gasteiger partial charge on any atom is -0.378 e. The number of morpholine rings is 1. The number of ether oxygens (including phenoxy) is 1. The summed E-state index contributed by atoms with van der Waals surface area (Å²) >= 11 is 0. The molecule has 8 heteroatoms. The van der Waals surface area contributed by atoms with Gasteiger partial charge in [-0.05, 0) is 42.5 Å². The Labute approximate surface area is 169 Å². The van der Waals surface area contributed by atoms with E-state index in [4.69, 9.17) is 4.74 Å². The van der Waals surface area contributed by atoms with Crippen LogP contribution in [0, 0.1) is 0 Å². The lowest BCUT2D eigenvalue weighted by Crippen LogP contribution is -2.36. The lowest BCUT2D eigenvalue weighted by Gasteiger charge is -2.27. The minimum absolute atomic E-state index is 0.0978. The summed E-state index contributed by atoms with van der Waals surface area (Å²) in [6.45, 7) is 4.64. The number of nitrogens with zero attached hydrogens (tertiary/aromatic N) is 4. The average molecular weight is 390 g/mol. The Morgan fingerprint density at radius 2 is 1.76 bits per heavy atom. The van der Waals surface area contributed by atoms with Crippen molar-refractivity contribution in [3.63, 3.8) is 0 Å². The van der Waals surface area contributed by atoms with E-state index in [0.29, 0.717) is 11.6 Å². The largest absolute Gasteiger partial charge is 0.378 e. The maximum atomic E-state index is 11.1. The summed E-state index contributed by atoms with van der Waals surface area (Å²) in [6, 6.07) is 13.2. The summed E-state index contributed by atoms with van der Waals surface area (Å²) in [5.74, 6) is 2.12. The van der Waals surface area contributed by atoms with Gasteiger partial charge in [0.1, 0.15) is 11.6 Å². The number of carbonyl (C=O) groups excluding carboxylic acids is 1. The molecule has 1 fully saturated rings. The molecule has 3 heterocycles. The van der Waals surface area contributed by atoms with Crippen LogP contribution in [0.3, 0.4) is 0 Å². The van der Waals surface area contributed by atoms with Crippen LogP contribution in [0.25, 0.3) is 11.4 Å². The maximum absolute atomic E-state index is 11.1. The van der Waals surface area contributed by atoms with Gasteiger partial charge in [-0.3, -0.25) is 4.79 Å². The monoisotopic (exact) mass is 390 g/mol. The van der Waals surface area contributed by atoms with Gasteiger partial charge in [0, 0.05) is 49.3 Å². The summed E-state index contributed by atoms with van der Waals surface area (Å²) in [4.78, 5) is 26.8. The van der Waals surface area contributed by atoms with Crippen LogP contribution < -0.4 is 15.5 Å². The first kappa shape index (κ1) is 18.8. The second-order valence-corrected chi connectivity index (χ2v) is 6.65. The lowest BCUT2D eigenvalue weighted by atomic mass is 10.2. The summed E-state index contributed by atoms with van der Waals surface area (Å²) < 4.78 is 5.38. The van der Waals surface area contributed by atoms with Crippen LogP contribution in [0.5, 0.6) is 0 Å². The molecular weight excluding hydrogens is 368 g/mol. The van der Waals surface area contributed by atoms with Crippen LogP contribution in [0.1, 0.15) is 6.92 Å². The van der Waals surface area contributed by atoms with Crippen molar-refractivity contribution in [1.82, 2.24) is 15.0 Å². The number of anilines is 4. The molecule has 0 bridgehead atoms. The molecule has 148 valence electrons. The summed E-state index contributed by atoms with van der Waals surface area (Å²) in [7, 11) is 0. The van der Waals surface area contributed by atoms with Crippen molar-refractivity contribution in [3.8, 4) is 11.4 Å². The SMILES string of the molecule is CC(=O)Nc1ccc(Nc2ccnc(-c3ccc(N4CCOCC4)nc3)n2)cc1. The van der Waals surface area contributed by atoms with Crippen molar-refractivity contribution in [1.29, 1.82) is 0 Å². The highest BCUT2D eigenvalue weighted by atomic mass is 16.5. The minimum atomic E-state index is -0.0978. The summed E-state index contributed by atoms with van der Waals surface area (Å²) in [5, 5.41) is 6.00. The average Bonchev–Trinajstić information content (AvgIpc) is 2.76. The van der Waals surface area contributed by atoms with Crippen molar-refractivity contribution in [3.05, 3.63) is 54.9 Å². The van der Waals surface area contributed by atoms with Gasteiger partial charge in [0.2, 0.25) is 5.91 Å². The third-order valence-electron chi connectivity index (χ3n) is 4.47. The molecule has 4 rings (SSSR count). The van der Waals surface area contributed by atoms with Crippen LogP contribution in [0.2, 0.25) is 0 Å². The Hall–Kier alpha value is -3.52. The first-order chi connectivity index (χ1) is 14.2. The predicted molar refractivity (Wildman–Crippen MR) is 112 cm³/mol. The Morgan fingerprint density at radius 3 is 2.45 bits per heavy atom. The molecule has 0 unspecified atom stereocenters. The van der Waals surface area contributed by atoms with Crippen molar-refractivity contribution >= 4 is 28.9 Å². The van der Waals surface area contributed by atoms with Crippen LogP contribution in [-0.2, 0) is 9.53 Å². The third kappa shape index (κ3) is 4.85. The number of rotatable bonds is 5. The predicted octanol–water partition coefficient (Wildman–Crippen LogP) is 3.08. The van der Waals surface area contributed by atoms with Gasteiger partial charge >= 0.3 is 0 Å². The normalized spacial score (nSPS) is 13.8. The van der Waals surface area contributed by atoms with E-state index < -0.39 is 0 Å². The number of hydrogen-bond acceptors (Lipinski definition) is 7. The summed E-state index contributed by atoms with van der Waals surface area (Å²) in [5.41, 5.74) is 2.47. The highest BCUT2D eigenvalue weighted by molar-refractivity contribution is 5.88. The first-order valence-corrected chi connectivity index (χ1v) is 9.44. The fourth-order valence-electron chi connectivity index (χ4n) is 3.05. The van der Waals surface area contributed by atoms with Gasteiger partial charge in [0.15, 0.2) is 5.82 Å². The highest BCUT2D eigenvalue weighted by Crippen LogP contribution is 2.22. The van der Waals surface area contributed by atoms with Crippen LogP contribution >= 0.6 is 0 Å². The maximum Gasteiger partial charge on any atom is 0.221 e. The number of amides is 1. The Bertz CT molecular complexity index is 969. The number of nitrogens with one attached hydrogen (secondary N) is 2. The van der Waals surface area contributed by atoms with E-state index in [1.54, 1.807) is 18.5 Å². The van der Waals surface area contributed by atoms with Crippen molar-refractivity contribution < 1.29 is 9.53 Å². The quantitative estimate of drug-likeness (QED) is 0.692. The fourth-order valence-corrected chi connectivity index (χ4v) is 3.05. The second-order valence-electron chi connectivity index (χ2n) is 6.65. The van der Waals surface area contributed by atoms with E-state index in [-0.39, 0.29) is 5.91 Å². The molecule has 8 nitrogen and oxygen atoms in total. The van der Waals surface area contributed by atoms with E-state index >= 15 is 0 Å². The van der Waals surface area contributed by atoms with Gasteiger partial charge < -0.3 is 20.3 Å². The molecule has 1 aliphatic heterocycles. The Kier molecular flexibility index (Phi) is 5.62. The van der Waals surface area contributed by atoms with E-state index in [2.05, 4.69) is 30.5 Å². The molecule has 1 amide bonds. The molecule has 1 aliphatic rings. The smallest absolute Gasteiger partial charge is 0.221 e. The van der Waals surface area contributed by atoms with Crippen molar-refractivity contribution in [2.45, 2.75) is 6.92 Å². The molecular formula is C21H22N6O2. The molecule has 0 atom stereocenters. The van der Waals surface area contributed by atoms with E-state index in [1.165, 1.54) is 6.92 Å². The van der Waals surface area contributed by atoms with Gasteiger partial charge in [-0.15, -0.1) is 0 Å². The molecule has 2 N–H and O–H groups in total. The third-order valence-corrected chi connectivity index (χ3v) is 4.47. The highest BCUT2D eigenvalue weighted by Gasteiger charge is 2.13. The van der Waals surface area contributed by atoms with Crippen molar-refractivity contribution in [2.24, 2.45) is 0 Å². The summed E-state index contributed by atoms with van der Waals surface area (Å²) in [6.07, 6.45) is 3.51. The second kappa shape index (κ2) is 8.66. The molecule has 1 saturated heterocycles. The van der Waals surface area contributed by atoms with Gasteiger partial charge in [-0.1, -0.05) is 0 Å². The fraction of sp³-hybridized carbons (Fsp3) is 0.238. The zero-order valence-corrected chi connectivity index (χ0v) is 16.1. The molecule has 0 aliphatic carbocycles. The van der Waals surface area contributed by atoms with Crippen LogP contribution in [-0.4, -0.2) is 47.2 Å². The zero-order valence-electron chi connectivity index (χ0n) is 16.1. The number of benzene rings is 1. The van der Waals surface area contributed by atoms with E-state index in [9.17, 15) is 4.79 Å². The molecule has 29 heavy (non-hydrogen) atoms. The number of hydrogen-bond donors (Lipinski definition) is 2. The zero-order chi connectivity index (χ0) is 20.1. The number of aromatic nitrogens is 3. The number of carbonyl (C=O) groups is 1. The molecule has 1 aromatic carbocycles. The van der Waals surface area contributed by atoms with Crippen molar-refractivity contribution in [2.75, 3.05) is 41.8 Å². The molecule has 0 radical (unpaired) electrons. The van der Waals surface area contributed by atoms with E-state index in [0.717, 1.165) is 49.1 Å². The standard InChI is InChI=1S/C21H22N6O2/c1-15(28)24-17-3-5-18(6-4-17)25-19-8-9-22-21(26-19)16-2-7-20(23-14-16)27-10-12-29-13-11-27/h2-9,14H,10-13H2,1H3,(H,24,28)(H,22,25,26). The van der Waals surface area contributed by atoms with Crippen LogP contribution in [0.4, 0.5) is 23.0 Å². The topological polar surface area (TPSA) is 92.3 Å². The first-order valence-electron chi connectivity index (χ1n) is 9.44. The van der Waals surface area contributed by atoms with Gasteiger partial charge in [-0.25, -0.2) is 15.0 Å². The molecule has 3 aromatic rings. The molecule has 2 aromatic heterocycles. The van der Waals surface area contributed by atoms with Crippen LogP contribution in [0.15, 0.2) is 54.9 Å². The van der Waals surface area contributed by atoms with E-state index in [1.807, 2.05) is 36.4 Å². The van der Waals surface area contributed by atoms with Gasteiger partial charge in [-0.2, -0.15) is 0 Å². The molecule has 0 spiro atoms. The van der Waals surface area contributed by atoms with Gasteiger partial charge in [0.05, 0.1) is 13.2 Å². The Morgan fingerprint density at radius 1 is 1.00 bits per heavy atom. The number of pyridine rings is 1. The Balaban J connectivity index is 1.46.